The van der Waals surface area contributed by atoms with Gasteiger partial charge in [0.25, 0.3) is 0 Å². The van der Waals surface area contributed by atoms with Crippen LogP contribution in [0, 0.1) is 230 Å². The van der Waals surface area contributed by atoms with Crippen LogP contribution in [0.1, 0.15) is 219 Å². The van der Waals surface area contributed by atoms with Gasteiger partial charge in [-0.25, -0.2) is 0 Å². The van der Waals surface area contributed by atoms with Crippen molar-refractivity contribution < 1.29 is 52.8 Å². The molecule has 21 rings (SSSR count). The second-order valence-electron chi connectivity index (χ2n) is 38.8. The molecule has 5 heterocycles. The van der Waals surface area contributed by atoms with E-state index in [2.05, 4.69) is 96.9 Å². The van der Waals surface area contributed by atoms with Crippen LogP contribution in [0.5, 0.6) is 0 Å². The van der Waals surface area contributed by atoms with Gasteiger partial charge in [-0.05, 0) is 324 Å². The largest absolute Gasteiger partial charge is 0.465 e. The fourth-order valence-corrected chi connectivity index (χ4v) is 30.2. The number of carbonyl (C=O) groups is 5. The average Bonchev–Trinajstić information content (AvgIpc) is 1.53. The third-order valence-corrected chi connectivity index (χ3v) is 35.8. The van der Waals surface area contributed by atoms with Crippen LogP contribution in [0.15, 0.2) is 0 Å². The predicted molar refractivity (Wildman–Crippen MR) is 361 cm³/mol. The highest BCUT2D eigenvalue weighted by atomic mass is 16.6. The first-order valence-corrected chi connectivity index (χ1v) is 40.3. The van der Waals surface area contributed by atoms with Crippen LogP contribution < -0.4 is 0 Å². The van der Waals surface area contributed by atoms with Crippen LogP contribution in [0.3, 0.4) is 0 Å². The van der Waals surface area contributed by atoms with Crippen molar-refractivity contribution in [2.45, 2.75) is 231 Å². The lowest BCUT2D eigenvalue weighted by molar-refractivity contribution is -0.151. The van der Waals surface area contributed by atoms with Gasteiger partial charge in [-0.3, -0.25) is 24.0 Å². The van der Waals surface area contributed by atoms with Crippen molar-refractivity contribution in [3.63, 3.8) is 0 Å². The van der Waals surface area contributed by atoms with Gasteiger partial charge >= 0.3 is 29.8 Å². The highest BCUT2D eigenvalue weighted by Crippen LogP contribution is 2.73. The summed E-state index contributed by atoms with van der Waals surface area (Å²) in [6.45, 7) is 35.5. The van der Waals surface area contributed by atoms with Gasteiger partial charge in [0, 0.05) is 25.4 Å². The molecule has 0 radical (unpaired) electrons. The molecule has 16 saturated carbocycles. The zero-order chi connectivity index (χ0) is 66.2. The minimum atomic E-state index is -0.223. The number of aliphatic hydroxyl groups excluding tert-OH is 1. The summed E-state index contributed by atoms with van der Waals surface area (Å²) in [5.74, 6) is 30.4. The molecule has 16 aliphatic carbocycles. The van der Waals surface area contributed by atoms with Crippen LogP contribution in [0.4, 0.5) is 0 Å². The van der Waals surface area contributed by atoms with Gasteiger partial charge in [0.1, 0.15) is 11.7 Å². The molecule has 526 valence electrons. The third kappa shape index (κ3) is 10.8. The standard InChI is InChI=1S/C20H30O2.C14H24O.2C13H20O2.C12H18O2.C11H16O2/c1-9-10(2)13-7-12(9)17-11-5-14(15(6-11)18(13)17)16-8-20(3,4)22-19(16)21;1-8-5-13-12-4-3-10(6-11(12)7-15)14(13)9(8)2;1-7-8(2)10-5-9(7)6-11(10)12-3-4-13(14)15-12;1-7-8(2)11-5-9(7)6-12(11)10-3-4-15-13(10)14;1-7-8(2)10-5-9(7)6-12(10)3-4-14-11(12)13;1-5-6(2)8-3-7(5)9-4-13-11(12)10(8)9/h9-18H,5-8H2,1-4H3;8-15H,3-7H2,1-2H3;2*7-12H,3-6H2,1-2H3;7-10H,3-6H2,1-2H3;5-10H,3-4H2,1-2H3. The first-order chi connectivity index (χ1) is 44.8. The van der Waals surface area contributed by atoms with Crippen molar-refractivity contribution in [2.24, 2.45) is 230 Å². The molecule has 1 N–H and O–H groups in total. The maximum absolute atomic E-state index is 12.4. The number of cyclic esters (lactones) is 5. The number of hydrogen-bond donors (Lipinski definition) is 1. The fourth-order valence-electron chi connectivity index (χ4n) is 30.2. The summed E-state index contributed by atoms with van der Waals surface area (Å²) in [6.07, 6.45) is 23.8. The molecule has 11 nitrogen and oxygen atoms in total. The van der Waals surface area contributed by atoms with Crippen molar-refractivity contribution >= 4 is 29.8 Å². The Hall–Kier alpha value is -2.69. The number of hydrogen-bond acceptors (Lipinski definition) is 11. The molecule has 5 saturated heterocycles. The van der Waals surface area contributed by atoms with Gasteiger partial charge in [-0.1, -0.05) is 83.1 Å². The Morgan fingerprint density at radius 2 is 1.00 bits per heavy atom. The van der Waals surface area contributed by atoms with Gasteiger partial charge in [0.05, 0.1) is 43.0 Å². The zero-order valence-electron chi connectivity index (χ0n) is 60.8. The van der Waals surface area contributed by atoms with E-state index in [1.165, 1.54) is 83.5 Å². The molecule has 11 heteroatoms. The summed E-state index contributed by atoms with van der Waals surface area (Å²) in [6, 6.07) is 0. The Labute approximate surface area is 567 Å². The maximum atomic E-state index is 12.4. The van der Waals surface area contributed by atoms with Crippen molar-refractivity contribution in [2.75, 3.05) is 26.4 Å². The zero-order valence-corrected chi connectivity index (χ0v) is 60.8. The highest BCUT2D eigenvalue weighted by molar-refractivity contribution is 5.80. The number of esters is 5. The maximum Gasteiger partial charge on any atom is 0.312 e. The Morgan fingerprint density at radius 1 is 0.415 bits per heavy atom. The van der Waals surface area contributed by atoms with Crippen molar-refractivity contribution in [3.05, 3.63) is 0 Å². The molecule has 0 aromatic heterocycles. The van der Waals surface area contributed by atoms with E-state index < -0.39 is 0 Å². The summed E-state index contributed by atoms with van der Waals surface area (Å²) in [4.78, 5) is 58.4. The molecule has 0 aromatic carbocycles. The summed E-state index contributed by atoms with van der Waals surface area (Å²) in [5, 5.41) is 9.46. The van der Waals surface area contributed by atoms with E-state index in [-0.39, 0.29) is 64.7 Å². The van der Waals surface area contributed by atoms with Crippen LogP contribution in [0.2, 0.25) is 0 Å². The molecule has 1 spiro atoms. The van der Waals surface area contributed by atoms with Crippen LogP contribution in [0.25, 0.3) is 0 Å². The first-order valence-electron chi connectivity index (χ1n) is 40.3. The number of rotatable bonds is 4. The Morgan fingerprint density at radius 3 is 1.60 bits per heavy atom. The lowest BCUT2D eigenvalue weighted by atomic mass is 9.54. The summed E-state index contributed by atoms with van der Waals surface area (Å²) in [7, 11) is 0. The number of aliphatic hydroxyl groups is 1. The second-order valence-corrected chi connectivity index (χ2v) is 38.8. The number of fused-ring (bicyclic) bond motifs is 23. The lowest BCUT2D eigenvalue weighted by Gasteiger charge is -2.51. The van der Waals surface area contributed by atoms with Crippen molar-refractivity contribution in [1.29, 1.82) is 0 Å². The molecule has 0 aromatic rings. The fraction of sp³-hybridized carbons (Fsp3) is 0.940. The Kier molecular flexibility index (Phi) is 18.0. The predicted octanol–water partition coefficient (Wildman–Crippen LogP) is 16.1. The van der Waals surface area contributed by atoms with Crippen LogP contribution >= 0.6 is 0 Å². The summed E-state index contributed by atoms with van der Waals surface area (Å²) in [5.41, 5.74) is -0.268. The van der Waals surface area contributed by atoms with Crippen LogP contribution in [-0.4, -0.2) is 73.1 Å². The van der Waals surface area contributed by atoms with Gasteiger partial charge in [-0.15, -0.1) is 0 Å². The SMILES string of the molecule is CC1C(C)C2CC1C1C3CC(C4CC(C)(C)OC4=O)C(C3)C21.CC1C(C)C2CC1C1COC(=O)C21.CC1C2CC(C1C)C1(CCOC1=O)C2.CC1C2CC(C3CCC(=O)O3)C(C2)C1C.CC1C2CC(C3CCOC3=O)C(C2)C1C.CC1CC2C3CCC(CC3CO)C2C1C. The molecule has 5 aliphatic heterocycles. The molecule has 14 bridgehead atoms. The minimum Gasteiger partial charge on any atom is -0.465 e. The smallest absolute Gasteiger partial charge is 0.312 e. The highest BCUT2D eigenvalue weighted by Gasteiger charge is 2.69. The Balaban J connectivity index is 0.0000000940. The van der Waals surface area contributed by atoms with Gasteiger partial charge in [0.2, 0.25) is 0 Å². The second kappa shape index (κ2) is 25.1. The molecular formula is C83H128O11. The quantitative estimate of drug-likeness (QED) is 0.163. The van der Waals surface area contributed by atoms with Gasteiger partial charge in [-0.2, -0.15) is 0 Å². The minimum absolute atomic E-state index is 0.0310. The van der Waals surface area contributed by atoms with Gasteiger partial charge < -0.3 is 28.8 Å². The summed E-state index contributed by atoms with van der Waals surface area (Å²) >= 11 is 0. The molecule has 0 amide bonds. The average molecular weight is 1300 g/mol. The molecular weight excluding hydrogens is 1170 g/mol. The molecule has 21 fully saturated rings. The normalized spacial score (nSPS) is 57.0. The van der Waals surface area contributed by atoms with Gasteiger partial charge in [0.15, 0.2) is 0 Å². The molecule has 94 heavy (non-hydrogen) atoms. The van der Waals surface area contributed by atoms with Crippen molar-refractivity contribution in [1.82, 2.24) is 0 Å². The first kappa shape index (κ1) is 67.2. The van der Waals surface area contributed by atoms with E-state index in [1.54, 1.807) is 0 Å². The Bertz CT molecular complexity index is 2840. The molecule has 40 unspecified atom stereocenters. The van der Waals surface area contributed by atoms with E-state index in [0.29, 0.717) is 74.3 Å². The molecule has 40 atom stereocenters. The number of carbonyl (C=O) groups excluding carboxylic acids is 5. The van der Waals surface area contributed by atoms with Crippen LogP contribution in [-0.2, 0) is 47.7 Å². The van der Waals surface area contributed by atoms with Crippen molar-refractivity contribution in [3.8, 4) is 0 Å². The van der Waals surface area contributed by atoms with E-state index >= 15 is 0 Å². The van der Waals surface area contributed by atoms with E-state index in [4.69, 9.17) is 23.7 Å². The van der Waals surface area contributed by atoms with E-state index in [9.17, 15) is 29.1 Å². The van der Waals surface area contributed by atoms with E-state index in [0.717, 1.165) is 198 Å². The molecule has 21 aliphatic rings. The van der Waals surface area contributed by atoms with E-state index in [1.807, 2.05) is 0 Å². The third-order valence-electron chi connectivity index (χ3n) is 35.8. The number of ether oxygens (including phenoxy) is 5. The lowest BCUT2D eigenvalue weighted by Crippen LogP contribution is -2.45. The topological polar surface area (TPSA) is 152 Å². The monoisotopic (exact) mass is 1300 g/mol. The summed E-state index contributed by atoms with van der Waals surface area (Å²) < 4.78 is 26.6.